The summed E-state index contributed by atoms with van der Waals surface area (Å²) in [6.07, 6.45) is 0. The van der Waals surface area contributed by atoms with Gasteiger partial charge in [0, 0.05) is 13.1 Å². The van der Waals surface area contributed by atoms with E-state index in [4.69, 9.17) is 14.2 Å². The molecular weight excluding hydrogens is 278 g/mol. The summed E-state index contributed by atoms with van der Waals surface area (Å²) in [4.78, 5) is 2.35. The summed E-state index contributed by atoms with van der Waals surface area (Å²) < 4.78 is 16.5. The van der Waals surface area contributed by atoms with Gasteiger partial charge in [-0.1, -0.05) is 31.2 Å². The highest BCUT2D eigenvalue weighted by molar-refractivity contribution is 5.44. The van der Waals surface area contributed by atoms with Gasteiger partial charge in [0.1, 0.15) is 12.4 Å². The lowest BCUT2D eigenvalue weighted by Gasteiger charge is -2.20. The molecule has 0 amide bonds. The maximum Gasteiger partial charge on any atom is 0.231 e. The summed E-state index contributed by atoms with van der Waals surface area (Å²) in [5.41, 5.74) is 1.23. The number of benzene rings is 2. The first-order chi connectivity index (χ1) is 10.8. The molecule has 116 valence electrons. The zero-order valence-corrected chi connectivity index (χ0v) is 12.8. The van der Waals surface area contributed by atoms with Gasteiger partial charge in [-0.3, -0.25) is 4.90 Å². The van der Waals surface area contributed by atoms with Gasteiger partial charge in [-0.15, -0.1) is 0 Å². The van der Waals surface area contributed by atoms with Crippen LogP contribution in [-0.4, -0.2) is 31.4 Å². The van der Waals surface area contributed by atoms with Crippen LogP contribution in [-0.2, 0) is 6.54 Å². The molecule has 4 heteroatoms. The van der Waals surface area contributed by atoms with Crippen LogP contribution in [0.3, 0.4) is 0 Å². The number of ether oxygens (including phenoxy) is 3. The summed E-state index contributed by atoms with van der Waals surface area (Å²) in [6, 6.07) is 16.1. The molecule has 0 bridgehead atoms. The number of para-hydroxylation sites is 1. The number of fused-ring (bicyclic) bond motifs is 1. The van der Waals surface area contributed by atoms with Crippen LogP contribution in [0, 0.1) is 0 Å². The topological polar surface area (TPSA) is 30.9 Å². The fraction of sp³-hybridized carbons (Fsp3) is 0.333. The smallest absolute Gasteiger partial charge is 0.231 e. The van der Waals surface area contributed by atoms with Crippen LogP contribution in [0.4, 0.5) is 0 Å². The van der Waals surface area contributed by atoms with Gasteiger partial charge < -0.3 is 14.2 Å². The number of hydrogen-bond acceptors (Lipinski definition) is 4. The van der Waals surface area contributed by atoms with Gasteiger partial charge in [0.15, 0.2) is 11.5 Å². The van der Waals surface area contributed by atoms with Gasteiger partial charge in [0.05, 0.1) is 0 Å². The Morgan fingerprint density at radius 2 is 1.86 bits per heavy atom. The third-order valence-electron chi connectivity index (χ3n) is 3.71. The highest BCUT2D eigenvalue weighted by Crippen LogP contribution is 2.32. The number of rotatable bonds is 7. The van der Waals surface area contributed by atoms with Gasteiger partial charge in [-0.05, 0) is 36.4 Å². The Morgan fingerprint density at radius 1 is 1.05 bits per heavy atom. The minimum atomic E-state index is 0.321. The Kier molecular flexibility index (Phi) is 4.81. The van der Waals surface area contributed by atoms with E-state index in [1.807, 2.05) is 36.4 Å². The molecule has 0 radical (unpaired) electrons. The molecule has 0 saturated heterocycles. The Hall–Kier alpha value is -2.20. The van der Waals surface area contributed by atoms with Crippen molar-refractivity contribution in [1.29, 1.82) is 0 Å². The lowest BCUT2D eigenvalue weighted by Crippen LogP contribution is -2.27. The zero-order valence-electron chi connectivity index (χ0n) is 12.8. The molecule has 0 N–H and O–H groups in total. The monoisotopic (exact) mass is 299 g/mol. The van der Waals surface area contributed by atoms with Crippen LogP contribution in [0.15, 0.2) is 48.5 Å². The van der Waals surface area contributed by atoms with Crippen molar-refractivity contribution in [2.24, 2.45) is 0 Å². The normalized spacial score (nSPS) is 12.6. The van der Waals surface area contributed by atoms with E-state index in [9.17, 15) is 0 Å². The van der Waals surface area contributed by atoms with Crippen LogP contribution >= 0.6 is 0 Å². The first-order valence-electron chi connectivity index (χ1n) is 7.64. The van der Waals surface area contributed by atoms with E-state index in [1.165, 1.54) is 5.56 Å². The van der Waals surface area contributed by atoms with Crippen LogP contribution in [0.25, 0.3) is 0 Å². The molecule has 0 spiro atoms. The lowest BCUT2D eigenvalue weighted by atomic mass is 10.2. The second-order valence-corrected chi connectivity index (χ2v) is 5.22. The van der Waals surface area contributed by atoms with Gasteiger partial charge >= 0.3 is 0 Å². The van der Waals surface area contributed by atoms with Crippen molar-refractivity contribution in [1.82, 2.24) is 4.90 Å². The van der Waals surface area contributed by atoms with E-state index < -0.39 is 0 Å². The average molecular weight is 299 g/mol. The van der Waals surface area contributed by atoms with Crippen molar-refractivity contribution in [3.05, 3.63) is 54.1 Å². The van der Waals surface area contributed by atoms with E-state index >= 15 is 0 Å². The molecule has 4 nitrogen and oxygen atoms in total. The number of hydrogen-bond donors (Lipinski definition) is 0. The van der Waals surface area contributed by atoms with Crippen molar-refractivity contribution in [2.75, 3.05) is 26.5 Å². The molecule has 22 heavy (non-hydrogen) atoms. The molecule has 1 aliphatic heterocycles. The van der Waals surface area contributed by atoms with Crippen molar-refractivity contribution in [3.8, 4) is 17.2 Å². The van der Waals surface area contributed by atoms with E-state index in [1.54, 1.807) is 0 Å². The SMILES string of the molecule is CCN(CCOc1ccccc1)Cc1ccc2c(c1)OCO2. The molecule has 0 fully saturated rings. The Bertz CT molecular complexity index is 601. The molecular formula is C18H21NO3. The van der Waals surface area contributed by atoms with Crippen LogP contribution in [0.1, 0.15) is 12.5 Å². The highest BCUT2D eigenvalue weighted by atomic mass is 16.7. The first-order valence-corrected chi connectivity index (χ1v) is 7.64. The summed E-state index contributed by atoms with van der Waals surface area (Å²) in [6.45, 7) is 5.91. The van der Waals surface area contributed by atoms with E-state index in [0.29, 0.717) is 13.4 Å². The Balaban J connectivity index is 1.51. The molecule has 2 aromatic rings. The quantitative estimate of drug-likeness (QED) is 0.785. The zero-order chi connectivity index (χ0) is 15.2. The van der Waals surface area contributed by atoms with Gasteiger partial charge in [-0.25, -0.2) is 0 Å². The predicted octanol–water partition coefficient (Wildman–Crippen LogP) is 3.32. The third-order valence-corrected chi connectivity index (χ3v) is 3.71. The second-order valence-electron chi connectivity index (χ2n) is 5.22. The van der Waals surface area contributed by atoms with E-state index in [0.717, 1.165) is 36.9 Å². The molecule has 1 heterocycles. The lowest BCUT2D eigenvalue weighted by molar-refractivity contribution is 0.174. The number of likely N-dealkylation sites (N-methyl/N-ethyl adjacent to an activating group) is 1. The van der Waals surface area contributed by atoms with Crippen molar-refractivity contribution >= 4 is 0 Å². The minimum Gasteiger partial charge on any atom is -0.492 e. The molecule has 1 aliphatic rings. The van der Waals surface area contributed by atoms with Crippen LogP contribution < -0.4 is 14.2 Å². The molecule has 0 atom stereocenters. The Morgan fingerprint density at radius 3 is 2.68 bits per heavy atom. The fourth-order valence-corrected chi connectivity index (χ4v) is 2.46. The molecule has 3 rings (SSSR count). The maximum absolute atomic E-state index is 5.76. The summed E-state index contributed by atoms with van der Waals surface area (Å²) >= 11 is 0. The number of nitrogens with zero attached hydrogens (tertiary/aromatic N) is 1. The van der Waals surface area contributed by atoms with Crippen LogP contribution in [0.5, 0.6) is 17.2 Å². The van der Waals surface area contributed by atoms with Gasteiger partial charge in [0.25, 0.3) is 0 Å². The minimum absolute atomic E-state index is 0.321. The summed E-state index contributed by atoms with van der Waals surface area (Å²) in [5.74, 6) is 2.59. The molecule has 2 aromatic carbocycles. The molecule has 0 aliphatic carbocycles. The first kappa shape index (κ1) is 14.7. The van der Waals surface area contributed by atoms with Crippen LogP contribution in [0.2, 0.25) is 0 Å². The maximum atomic E-state index is 5.76. The van der Waals surface area contributed by atoms with E-state index in [2.05, 4.69) is 24.0 Å². The largest absolute Gasteiger partial charge is 0.492 e. The molecule has 0 unspecified atom stereocenters. The van der Waals surface area contributed by atoms with Crippen molar-refractivity contribution < 1.29 is 14.2 Å². The predicted molar refractivity (Wildman–Crippen MR) is 85.5 cm³/mol. The van der Waals surface area contributed by atoms with Crippen molar-refractivity contribution in [2.45, 2.75) is 13.5 Å². The van der Waals surface area contributed by atoms with E-state index in [-0.39, 0.29) is 0 Å². The van der Waals surface area contributed by atoms with Gasteiger partial charge in [-0.2, -0.15) is 0 Å². The summed E-state index contributed by atoms with van der Waals surface area (Å²) in [7, 11) is 0. The second kappa shape index (κ2) is 7.18. The van der Waals surface area contributed by atoms with Crippen molar-refractivity contribution in [3.63, 3.8) is 0 Å². The third kappa shape index (κ3) is 3.71. The Labute approximate surface area is 131 Å². The molecule has 0 saturated carbocycles. The molecule has 0 aromatic heterocycles. The standard InChI is InChI=1S/C18H21NO3/c1-2-19(10-11-20-16-6-4-3-5-7-16)13-15-8-9-17-18(12-15)22-14-21-17/h3-9,12H,2,10-11,13-14H2,1H3. The van der Waals surface area contributed by atoms with Gasteiger partial charge in [0.2, 0.25) is 6.79 Å². The fourth-order valence-electron chi connectivity index (χ4n) is 2.46. The highest BCUT2D eigenvalue weighted by Gasteiger charge is 2.14. The summed E-state index contributed by atoms with van der Waals surface area (Å²) in [5, 5.41) is 0. The average Bonchev–Trinajstić information content (AvgIpc) is 3.02.